The van der Waals surface area contributed by atoms with Gasteiger partial charge in [0.1, 0.15) is 16.7 Å². The minimum atomic E-state index is -3.97. The molecule has 2 aromatic carbocycles. The first kappa shape index (κ1) is 23.3. The Morgan fingerprint density at radius 2 is 1.74 bits per heavy atom. The third kappa shape index (κ3) is 6.55. The van der Waals surface area contributed by atoms with Crippen LogP contribution in [0.25, 0.3) is 0 Å². The van der Waals surface area contributed by atoms with Crippen LogP contribution in [0.15, 0.2) is 53.4 Å². The number of aryl methyl sites for hydroxylation is 1. The van der Waals surface area contributed by atoms with Crippen molar-refractivity contribution < 1.29 is 17.9 Å². The molecule has 0 saturated heterocycles. The number of methoxy groups -OCH3 is 1. The van der Waals surface area contributed by atoms with Gasteiger partial charge in [0.25, 0.3) is 0 Å². The van der Waals surface area contributed by atoms with Crippen LogP contribution >= 0.6 is 0 Å². The minimum absolute atomic E-state index is 0.0373. The zero-order valence-electron chi connectivity index (χ0n) is 18.3. The maximum Gasteiger partial charge on any atom is 0.244 e. The van der Waals surface area contributed by atoms with Crippen LogP contribution in [0.4, 0.5) is 0 Å². The molecule has 1 fully saturated rings. The van der Waals surface area contributed by atoms with Crippen molar-refractivity contribution in [3.05, 3.63) is 59.7 Å². The lowest BCUT2D eigenvalue weighted by molar-refractivity contribution is -0.123. The SMILES string of the molecule is COc1ccc(C)cc1S(=O)(=O)NC(Cc1ccccc1)C(=O)NC1CCCCCC1. The van der Waals surface area contributed by atoms with Crippen molar-refractivity contribution in [1.82, 2.24) is 10.0 Å². The normalized spacial score (nSPS) is 16.3. The Hall–Kier alpha value is -2.38. The molecule has 1 saturated carbocycles. The highest BCUT2D eigenvalue weighted by molar-refractivity contribution is 7.89. The number of nitrogens with one attached hydrogen (secondary N) is 2. The third-order valence-electron chi connectivity index (χ3n) is 5.71. The highest BCUT2D eigenvalue weighted by atomic mass is 32.2. The van der Waals surface area contributed by atoms with Gasteiger partial charge in [0, 0.05) is 6.04 Å². The van der Waals surface area contributed by atoms with E-state index in [0.717, 1.165) is 36.8 Å². The molecule has 6 nitrogen and oxygen atoms in total. The Morgan fingerprint density at radius 3 is 2.39 bits per heavy atom. The van der Waals surface area contributed by atoms with Gasteiger partial charge in [-0.2, -0.15) is 4.72 Å². The summed E-state index contributed by atoms with van der Waals surface area (Å²) < 4.78 is 34.4. The number of carbonyl (C=O) groups is 1. The number of benzene rings is 2. The fourth-order valence-corrected chi connectivity index (χ4v) is 5.46. The molecule has 0 radical (unpaired) electrons. The highest BCUT2D eigenvalue weighted by Gasteiger charge is 2.29. The second-order valence-electron chi connectivity index (χ2n) is 8.21. The summed E-state index contributed by atoms with van der Waals surface area (Å²) in [4.78, 5) is 13.2. The molecule has 7 heteroatoms. The van der Waals surface area contributed by atoms with Crippen molar-refractivity contribution in [2.24, 2.45) is 0 Å². The van der Waals surface area contributed by atoms with Crippen molar-refractivity contribution in [3.63, 3.8) is 0 Å². The number of sulfonamides is 1. The zero-order valence-corrected chi connectivity index (χ0v) is 19.1. The van der Waals surface area contributed by atoms with E-state index in [1.54, 1.807) is 18.2 Å². The van der Waals surface area contributed by atoms with Gasteiger partial charge in [0.05, 0.1) is 7.11 Å². The molecular weight excluding hydrogens is 412 g/mol. The van der Waals surface area contributed by atoms with E-state index in [-0.39, 0.29) is 29.0 Å². The molecule has 0 heterocycles. The molecule has 1 amide bonds. The summed E-state index contributed by atoms with van der Waals surface area (Å²) in [6, 6.07) is 13.6. The molecule has 0 aromatic heterocycles. The lowest BCUT2D eigenvalue weighted by Crippen LogP contribution is -2.50. The third-order valence-corrected chi connectivity index (χ3v) is 7.20. The van der Waals surface area contributed by atoms with E-state index < -0.39 is 16.1 Å². The number of carbonyl (C=O) groups excluding carboxylic acids is 1. The monoisotopic (exact) mass is 444 g/mol. The predicted octanol–water partition coefficient (Wildman–Crippen LogP) is 3.73. The quantitative estimate of drug-likeness (QED) is 0.608. The van der Waals surface area contributed by atoms with Crippen LogP contribution in [0.2, 0.25) is 0 Å². The fourth-order valence-electron chi connectivity index (χ4n) is 4.01. The molecule has 3 rings (SSSR count). The molecule has 0 aliphatic heterocycles. The first-order valence-electron chi connectivity index (χ1n) is 10.9. The smallest absolute Gasteiger partial charge is 0.244 e. The topological polar surface area (TPSA) is 84.5 Å². The van der Waals surface area contributed by atoms with E-state index in [1.807, 2.05) is 37.3 Å². The van der Waals surface area contributed by atoms with E-state index in [2.05, 4.69) is 10.0 Å². The molecule has 1 aliphatic rings. The van der Waals surface area contributed by atoms with Crippen molar-refractivity contribution in [1.29, 1.82) is 0 Å². The van der Waals surface area contributed by atoms with Crippen LogP contribution in [0.3, 0.4) is 0 Å². The Balaban J connectivity index is 1.85. The lowest BCUT2D eigenvalue weighted by Gasteiger charge is -2.23. The molecule has 31 heavy (non-hydrogen) atoms. The van der Waals surface area contributed by atoms with Gasteiger partial charge >= 0.3 is 0 Å². The van der Waals surface area contributed by atoms with Gasteiger partial charge in [-0.25, -0.2) is 8.42 Å². The standard InChI is InChI=1S/C24H32N2O4S/c1-18-14-15-22(30-2)23(16-18)31(28,29)26-21(17-19-10-6-5-7-11-19)24(27)25-20-12-8-3-4-9-13-20/h5-7,10-11,14-16,20-21,26H,3-4,8-9,12-13,17H2,1-2H3,(H,25,27). The Morgan fingerprint density at radius 1 is 1.06 bits per heavy atom. The van der Waals surface area contributed by atoms with Gasteiger partial charge in [-0.05, 0) is 49.4 Å². The van der Waals surface area contributed by atoms with Gasteiger partial charge in [0.15, 0.2) is 0 Å². The maximum absolute atomic E-state index is 13.2. The van der Waals surface area contributed by atoms with Crippen LogP contribution < -0.4 is 14.8 Å². The second kappa shape index (κ2) is 10.8. The molecule has 2 aromatic rings. The first-order chi connectivity index (χ1) is 14.9. The number of amides is 1. The van der Waals surface area contributed by atoms with Crippen LogP contribution in [-0.4, -0.2) is 33.5 Å². The molecule has 1 unspecified atom stereocenters. The number of ether oxygens (including phenoxy) is 1. The van der Waals surface area contributed by atoms with Gasteiger partial charge in [-0.15, -0.1) is 0 Å². The van der Waals surface area contributed by atoms with Gasteiger partial charge in [-0.3, -0.25) is 4.79 Å². The van der Waals surface area contributed by atoms with Gasteiger partial charge in [-0.1, -0.05) is 62.1 Å². The molecule has 0 bridgehead atoms. The average Bonchev–Trinajstić information content (AvgIpc) is 3.02. The van der Waals surface area contributed by atoms with Crippen LogP contribution in [0, 0.1) is 6.92 Å². The van der Waals surface area contributed by atoms with E-state index in [9.17, 15) is 13.2 Å². The maximum atomic E-state index is 13.2. The van der Waals surface area contributed by atoms with Crippen molar-refractivity contribution in [2.75, 3.05) is 7.11 Å². The summed E-state index contributed by atoms with van der Waals surface area (Å²) in [7, 11) is -2.54. The van der Waals surface area contributed by atoms with Gasteiger partial charge in [0.2, 0.25) is 15.9 Å². The molecular formula is C24H32N2O4S. The summed E-state index contributed by atoms with van der Waals surface area (Å²) in [6.07, 6.45) is 6.66. The highest BCUT2D eigenvalue weighted by Crippen LogP contribution is 2.25. The van der Waals surface area contributed by atoms with Crippen molar-refractivity contribution in [2.45, 2.75) is 68.8 Å². The molecule has 1 aliphatic carbocycles. The molecule has 2 N–H and O–H groups in total. The van der Waals surface area contributed by atoms with E-state index in [1.165, 1.54) is 20.0 Å². The zero-order chi connectivity index (χ0) is 22.3. The molecule has 0 spiro atoms. The van der Waals surface area contributed by atoms with E-state index in [4.69, 9.17) is 4.74 Å². The fraction of sp³-hybridized carbons (Fsp3) is 0.458. The summed E-state index contributed by atoms with van der Waals surface area (Å²) in [5, 5.41) is 3.10. The number of rotatable bonds is 8. The predicted molar refractivity (Wildman–Crippen MR) is 122 cm³/mol. The largest absolute Gasteiger partial charge is 0.495 e. The summed E-state index contributed by atoms with van der Waals surface area (Å²) in [6.45, 7) is 1.82. The second-order valence-corrected chi connectivity index (χ2v) is 9.90. The van der Waals surface area contributed by atoms with E-state index >= 15 is 0 Å². The van der Waals surface area contributed by atoms with Crippen molar-refractivity contribution in [3.8, 4) is 5.75 Å². The van der Waals surface area contributed by atoms with Crippen LogP contribution in [-0.2, 0) is 21.2 Å². The summed E-state index contributed by atoms with van der Waals surface area (Å²) in [5.41, 5.74) is 1.69. The Kier molecular flexibility index (Phi) is 8.09. The number of hydrogen-bond donors (Lipinski definition) is 2. The summed E-state index contributed by atoms with van der Waals surface area (Å²) >= 11 is 0. The van der Waals surface area contributed by atoms with Gasteiger partial charge < -0.3 is 10.1 Å². The Bertz CT molecular complexity index is 968. The lowest BCUT2D eigenvalue weighted by atomic mass is 10.0. The minimum Gasteiger partial charge on any atom is -0.495 e. The van der Waals surface area contributed by atoms with E-state index in [0.29, 0.717) is 0 Å². The van der Waals surface area contributed by atoms with Crippen LogP contribution in [0.5, 0.6) is 5.75 Å². The number of hydrogen-bond acceptors (Lipinski definition) is 4. The average molecular weight is 445 g/mol. The first-order valence-corrected chi connectivity index (χ1v) is 12.4. The summed E-state index contributed by atoms with van der Waals surface area (Å²) in [5.74, 6) is -0.0355. The Labute approximate surface area is 185 Å². The van der Waals surface area contributed by atoms with Crippen molar-refractivity contribution >= 4 is 15.9 Å². The molecule has 1 atom stereocenters. The van der Waals surface area contributed by atoms with Crippen LogP contribution in [0.1, 0.15) is 49.7 Å². The molecule has 168 valence electrons.